The molecular weight excluding hydrogens is 361 g/mol. The average Bonchev–Trinajstić information content (AvgIpc) is 2.63. The number of benzene rings is 1. The number of hydrogen-bond donors (Lipinski definition) is 1. The monoisotopic (exact) mass is 379 g/mol. The van der Waals surface area contributed by atoms with E-state index in [1.165, 1.54) is 28.7 Å². The minimum Gasteiger partial charge on any atom is -0.474 e. The number of hydrogen-bond acceptors (Lipinski definition) is 5. The van der Waals surface area contributed by atoms with Crippen molar-refractivity contribution in [3.63, 3.8) is 0 Å². The van der Waals surface area contributed by atoms with Crippen LogP contribution in [0.1, 0.15) is 23.2 Å². The highest BCUT2D eigenvalue weighted by Crippen LogP contribution is 2.23. The van der Waals surface area contributed by atoms with Gasteiger partial charge < -0.3 is 10.5 Å². The molecule has 1 fully saturated rings. The summed E-state index contributed by atoms with van der Waals surface area (Å²) < 4.78 is 45.2. The summed E-state index contributed by atoms with van der Waals surface area (Å²) in [5, 5.41) is 0. The summed E-state index contributed by atoms with van der Waals surface area (Å²) in [6, 6.07) is 7.86. The van der Waals surface area contributed by atoms with E-state index in [9.17, 15) is 17.6 Å². The number of amides is 1. The lowest BCUT2D eigenvalue weighted by molar-refractivity contribution is 0.0999. The first-order chi connectivity index (χ1) is 12.4. The molecule has 1 aromatic carbocycles. The summed E-state index contributed by atoms with van der Waals surface area (Å²) >= 11 is 0. The zero-order chi connectivity index (χ0) is 18.7. The van der Waals surface area contributed by atoms with Crippen molar-refractivity contribution in [1.29, 1.82) is 0 Å². The molecule has 1 amide bonds. The number of nitrogens with zero attached hydrogens (tertiary/aromatic N) is 2. The molecule has 0 unspecified atom stereocenters. The molecule has 0 spiro atoms. The Morgan fingerprint density at radius 3 is 2.35 bits per heavy atom. The van der Waals surface area contributed by atoms with Crippen LogP contribution in [0.2, 0.25) is 0 Å². The first-order valence-electron chi connectivity index (χ1n) is 8.04. The normalized spacial score (nSPS) is 16.3. The largest absolute Gasteiger partial charge is 0.474 e. The van der Waals surface area contributed by atoms with Crippen LogP contribution in [-0.2, 0) is 10.0 Å². The zero-order valence-electron chi connectivity index (χ0n) is 13.8. The van der Waals surface area contributed by atoms with Gasteiger partial charge in [-0.05, 0) is 43.2 Å². The number of primary amides is 1. The Morgan fingerprint density at radius 1 is 1.15 bits per heavy atom. The Hall–Kier alpha value is -2.52. The highest BCUT2D eigenvalue weighted by atomic mass is 32.2. The van der Waals surface area contributed by atoms with E-state index < -0.39 is 21.7 Å². The van der Waals surface area contributed by atoms with Gasteiger partial charge in [0.1, 0.15) is 11.9 Å². The van der Waals surface area contributed by atoms with Gasteiger partial charge in [0.2, 0.25) is 21.8 Å². The van der Waals surface area contributed by atoms with Gasteiger partial charge in [0.25, 0.3) is 0 Å². The van der Waals surface area contributed by atoms with Crippen molar-refractivity contribution < 1.29 is 22.3 Å². The molecule has 0 saturated carbocycles. The van der Waals surface area contributed by atoms with Gasteiger partial charge in [0.15, 0.2) is 0 Å². The predicted molar refractivity (Wildman–Crippen MR) is 91.6 cm³/mol. The van der Waals surface area contributed by atoms with Gasteiger partial charge in [-0.15, -0.1) is 0 Å². The highest BCUT2D eigenvalue weighted by molar-refractivity contribution is 7.89. The van der Waals surface area contributed by atoms with Crippen molar-refractivity contribution in [2.45, 2.75) is 23.8 Å². The molecule has 26 heavy (non-hydrogen) atoms. The second-order valence-corrected chi connectivity index (χ2v) is 7.86. The number of sulfonamides is 1. The van der Waals surface area contributed by atoms with E-state index in [0.29, 0.717) is 31.8 Å². The van der Waals surface area contributed by atoms with Gasteiger partial charge in [-0.25, -0.2) is 17.8 Å². The zero-order valence-corrected chi connectivity index (χ0v) is 14.7. The summed E-state index contributed by atoms with van der Waals surface area (Å²) in [6.45, 7) is 0.591. The maximum Gasteiger partial charge on any atom is 0.250 e. The Kier molecular flexibility index (Phi) is 5.19. The lowest BCUT2D eigenvalue weighted by Crippen LogP contribution is -2.41. The van der Waals surface area contributed by atoms with Crippen molar-refractivity contribution >= 4 is 15.9 Å². The fraction of sp³-hybridized carbons (Fsp3) is 0.294. The molecule has 1 aliphatic heterocycles. The van der Waals surface area contributed by atoms with E-state index in [1.54, 1.807) is 6.07 Å². The van der Waals surface area contributed by atoms with E-state index in [1.807, 2.05) is 0 Å². The number of carbonyl (C=O) groups excluding carboxylic acids is 1. The minimum atomic E-state index is -3.65. The lowest BCUT2D eigenvalue weighted by atomic mass is 10.1. The van der Waals surface area contributed by atoms with Crippen LogP contribution < -0.4 is 10.5 Å². The summed E-state index contributed by atoms with van der Waals surface area (Å²) in [6.07, 6.45) is 2.16. The third kappa shape index (κ3) is 4.00. The number of halogens is 1. The predicted octanol–water partition coefficient (Wildman–Crippen LogP) is 1.55. The SMILES string of the molecule is NC(=O)c1ccc(OC2CCN(S(=O)(=O)c3ccc(F)cc3)CC2)nc1. The molecule has 1 aromatic heterocycles. The molecule has 138 valence electrons. The van der Waals surface area contributed by atoms with Crippen molar-refractivity contribution in [3.8, 4) is 5.88 Å². The molecule has 0 atom stereocenters. The van der Waals surface area contributed by atoms with Gasteiger partial charge in [-0.1, -0.05) is 0 Å². The number of rotatable bonds is 5. The van der Waals surface area contributed by atoms with Gasteiger partial charge in [-0.2, -0.15) is 4.31 Å². The topological polar surface area (TPSA) is 103 Å². The summed E-state index contributed by atoms with van der Waals surface area (Å²) in [5.41, 5.74) is 5.45. The fourth-order valence-electron chi connectivity index (χ4n) is 2.71. The van der Waals surface area contributed by atoms with Gasteiger partial charge in [-0.3, -0.25) is 4.79 Å². The Labute approximate surface area is 150 Å². The molecule has 1 aliphatic rings. The summed E-state index contributed by atoms with van der Waals surface area (Å²) in [4.78, 5) is 15.1. The third-order valence-electron chi connectivity index (χ3n) is 4.16. The van der Waals surface area contributed by atoms with Crippen LogP contribution in [0.5, 0.6) is 5.88 Å². The third-order valence-corrected chi connectivity index (χ3v) is 6.07. The number of carbonyl (C=O) groups is 1. The molecular formula is C17H18FN3O4S. The van der Waals surface area contributed by atoms with Gasteiger partial charge in [0, 0.05) is 25.4 Å². The number of piperidine rings is 1. The number of aromatic nitrogens is 1. The standard InChI is InChI=1S/C17H18FN3O4S/c18-13-2-4-15(5-3-13)26(23,24)21-9-7-14(8-10-21)25-16-6-1-12(11-20-16)17(19)22/h1-6,11,14H,7-10H2,(H2,19,22). The summed E-state index contributed by atoms with van der Waals surface area (Å²) in [7, 11) is -3.65. The van der Waals surface area contributed by atoms with Crippen molar-refractivity contribution in [1.82, 2.24) is 9.29 Å². The number of ether oxygens (including phenoxy) is 1. The van der Waals surface area contributed by atoms with Gasteiger partial charge >= 0.3 is 0 Å². The van der Waals surface area contributed by atoms with Crippen LogP contribution in [0.3, 0.4) is 0 Å². The van der Waals surface area contributed by atoms with E-state index >= 15 is 0 Å². The number of pyridine rings is 1. The molecule has 0 bridgehead atoms. The number of nitrogens with two attached hydrogens (primary N) is 1. The maximum absolute atomic E-state index is 13.0. The van der Waals surface area contributed by atoms with E-state index in [2.05, 4.69) is 4.98 Å². The molecule has 2 heterocycles. The molecule has 0 aliphatic carbocycles. The molecule has 3 rings (SSSR count). The van der Waals surface area contributed by atoms with Gasteiger partial charge in [0.05, 0.1) is 10.5 Å². The van der Waals surface area contributed by atoms with Crippen LogP contribution in [0, 0.1) is 5.82 Å². The van der Waals surface area contributed by atoms with E-state index in [4.69, 9.17) is 10.5 Å². The van der Waals surface area contributed by atoms with E-state index in [0.717, 1.165) is 12.1 Å². The van der Waals surface area contributed by atoms with Crippen LogP contribution in [0.15, 0.2) is 47.5 Å². The highest BCUT2D eigenvalue weighted by Gasteiger charge is 2.30. The Bertz CT molecular complexity index is 877. The maximum atomic E-state index is 13.0. The van der Waals surface area contributed by atoms with Crippen LogP contribution in [-0.4, -0.2) is 42.8 Å². The Balaban J connectivity index is 1.60. The quantitative estimate of drug-likeness (QED) is 0.849. The molecule has 9 heteroatoms. The second kappa shape index (κ2) is 7.38. The van der Waals surface area contributed by atoms with Crippen molar-refractivity contribution in [2.75, 3.05) is 13.1 Å². The second-order valence-electron chi connectivity index (χ2n) is 5.92. The van der Waals surface area contributed by atoms with Crippen molar-refractivity contribution in [2.24, 2.45) is 5.73 Å². The average molecular weight is 379 g/mol. The smallest absolute Gasteiger partial charge is 0.250 e. The fourth-order valence-corrected chi connectivity index (χ4v) is 4.18. The van der Waals surface area contributed by atoms with Crippen molar-refractivity contribution in [3.05, 3.63) is 54.0 Å². The molecule has 7 nitrogen and oxygen atoms in total. The molecule has 0 radical (unpaired) electrons. The van der Waals surface area contributed by atoms with Crippen LogP contribution in [0.25, 0.3) is 0 Å². The molecule has 2 N–H and O–H groups in total. The first kappa shape index (κ1) is 18.3. The van der Waals surface area contributed by atoms with Crippen LogP contribution >= 0.6 is 0 Å². The molecule has 2 aromatic rings. The lowest BCUT2D eigenvalue weighted by Gasteiger charge is -2.31. The summed E-state index contributed by atoms with van der Waals surface area (Å²) in [5.74, 6) is -0.691. The van der Waals surface area contributed by atoms with E-state index in [-0.39, 0.29) is 16.6 Å². The Morgan fingerprint density at radius 2 is 1.81 bits per heavy atom. The minimum absolute atomic E-state index is 0.0713. The van der Waals surface area contributed by atoms with Crippen LogP contribution in [0.4, 0.5) is 4.39 Å². The molecule has 1 saturated heterocycles. The first-order valence-corrected chi connectivity index (χ1v) is 9.48.